The number of aldehydes is 1. The largest absolute Gasteiger partial charge is 0.497 e. The van der Waals surface area contributed by atoms with E-state index in [9.17, 15) is 4.79 Å². The molecule has 0 spiro atoms. The normalized spacial score (nSPS) is 10.0. The number of methoxy groups -OCH3 is 1. The molecule has 0 aliphatic heterocycles. The summed E-state index contributed by atoms with van der Waals surface area (Å²) in [5.41, 5.74) is 3.96. The minimum Gasteiger partial charge on any atom is -0.497 e. The summed E-state index contributed by atoms with van der Waals surface area (Å²) in [4.78, 5) is 10.7. The molecule has 0 aliphatic carbocycles. The van der Waals surface area contributed by atoms with Crippen LogP contribution in [-0.4, -0.2) is 13.4 Å². The van der Waals surface area contributed by atoms with Crippen molar-refractivity contribution in [3.8, 4) is 16.9 Å². The molecular weight excluding hydrogens is 212 g/mol. The second-order valence-corrected chi connectivity index (χ2v) is 3.92. The van der Waals surface area contributed by atoms with Crippen LogP contribution >= 0.6 is 0 Å². The lowest BCUT2D eigenvalue weighted by atomic mass is 10.0. The van der Waals surface area contributed by atoms with Gasteiger partial charge in [-0.1, -0.05) is 30.3 Å². The van der Waals surface area contributed by atoms with Crippen molar-refractivity contribution in [1.82, 2.24) is 0 Å². The van der Waals surface area contributed by atoms with Crippen LogP contribution in [0.2, 0.25) is 0 Å². The van der Waals surface area contributed by atoms with Crippen molar-refractivity contribution in [3.05, 3.63) is 53.6 Å². The number of benzene rings is 2. The Bertz CT molecular complexity index is 527. The lowest BCUT2D eigenvalue weighted by Crippen LogP contribution is -1.87. The van der Waals surface area contributed by atoms with Crippen LogP contribution in [0.3, 0.4) is 0 Å². The quantitative estimate of drug-likeness (QED) is 0.749. The Labute approximate surface area is 101 Å². The molecule has 0 N–H and O–H groups in total. The highest BCUT2D eigenvalue weighted by atomic mass is 16.5. The maximum absolute atomic E-state index is 10.7. The molecule has 2 heteroatoms. The molecular formula is C15H14O2. The molecule has 0 radical (unpaired) electrons. The van der Waals surface area contributed by atoms with E-state index in [0.29, 0.717) is 0 Å². The summed E-state index contributed by atoms with van der Waals surface area (Å²) in [6.45, 7) is 1.94. The van der Waals surface area contributed by atoms with Crippen LogP contribution in [0.15, 0.2) is 42.5 Å². The van der Waals surface area contributed by atoms with Gasteiger partial charge in [0.1, 0.15) is 12.0 Å². The van der Waals surface area contributed by atoms with Gasteiger partial charge in [-0.05, 0) is 35.7 Å². The van der Waals surface area contributed by atoms with Crippen molar-refractivity contribution in [3.63, 3.8) is 0 Å². The first-order valence-corrected chi connectivity index (χ1v) is 5.45. The Balaban J connectivity index is 2.38. The van der Waals surface area contributed by atoms with Crippen LogP contribution in [-0.2, 0) is 0 Å². The van der Waals surface area contributed by atoms with Gasteiger partial charge in [0.15, 0.2) is 0 Å². The third-order valence-corrected chi connectivity index (χ3v) is 2.82. The number of aryl methyl sites for hydroxylation is 1. The van der Waals surface area contributed by atoms with Gasteiger partial charge in [-0.2, -0.15) is 0 Å². The summed E-state index contributed by atoms with van der Waals surface area (Å²) in [5.74, 6) is 0.843. The summed E-state index contributed by atoms with van der Waals surface area (Å²) < 4.78 is 5.12. The van der Waals surface area contributed by atoms with E-state index < -0.39 is 0 Å². The van der Waals surface area contributed by atoms with E-state index in [0.717, 1.165) is 34.3 Å². The van der Waals surface area contributed by atoms with Crippen LogP contribution in [0.25, 0.3) is 11.1 Å². The highest BCUT2D eigenvalue weighted by molar-refractivity contribution is 5.79. The zero-order valence-corrected chi connectivity index (χ0v) is 9.94. The molecule has 0 heterocycles. The Morgan fingerprint density at radius 1 is 1.00 bits per heavy atom. The molecule has 0 aliphatic rings. The predicted octanol–water partition coefficient (Wildman–Crippen LogP) is 3.48. The first kappa shape index (κ1) is 11.4. The monoisotopic (exact) mass is 226 g/mol. The van der Waals surface area contributed by atoms with Crippen LogP contribution in [0, 0.1) is 6.92 Å². The van der Waals surface area contributed by atoms with Gasteiger partial charge in [-0.3, -0.25) is 4.79 Å². The Morgan fingerprint density at radius 2 is 1.65 bits per heavy atom. The van der Waals surface area contributed by atoms with Gasteiger partial charge in [0.05, 0.1) is 7.11 Å². The zero-order valence-electron chi connectivity index (χ0n) is 9.94. The predicted molar refractivity (Wildman–Crippen MR) is 68.6 cm³/mol. The van der Waals surface area contributed by atoms with Crippen molar-refractivity contribution in [2.45, 2.75) is 6.92 Å². The third kappa shape index (κ3) is 2.36. The smallest absolute Gasteiger partial charge is 0.150 e. The standard InChI is InChI=1S/C15H14O2/c1-11-9-13(3-4-14(11)10-16)12-5-7-15(17-2)8-6-12/h3-10H,1-2H3. The van der Waals surface area contributed by atoms with Crippen molar-refractivity contribution in [2.75, 3.05) is 7.11 Å². The fourth-order valence-corrected chi connectivity index (χ4v) is 1.77. The molecule has 2 aromatic carbocycles. The molecule has 0 aromatic heterocycles. The average Bonchev–Trinajstić information content (AvgIpc) is 2.39. The minimum atomic E-state index is 0.738. The fourth-order valence-electron chi connectivity index (χ4n) is 1.77. The van der Waals surface area contributed by atoms with Crippen molar-refractivity contribution >= 4 is 6.29 Å². The van der Waals surface area contributed by atoms with Gasteiger partial charge in [0, 0.05) is 5.56 Å². The Hall–Kier alpha value is -2.09. The minimum absolute atomic E-state index is 0.738. The van der Waals surface area contributed by atoms with Crippen molar-refractivity contribution in [1.29, 1.82) is 0 Å². The third-order valence-electron chi connectivity index (χ3n) is 2.82. The van der Waals surface area contributed by atoms with Gasteiger partial charge in [-0.15, -0.1) is 0 Å². The van der Waals surface area contributed by atoms with E-state index in [-0.39, 0.29) is 0 Å². The van der Waals surface area contributed by atoms with Gasteiger partial charge >= 0.3 is 0 Å². The van der Waals surface area contributed by atoms with Gasteiger partial charge in [0.25, 0.3) is 0 Å². The van der Waals surface area contributed by atoms with E-state index in [2.05, 4.69) is 0 Å². The number of ether oxygens (including phenoxy) is 1. The summed E-state index contributed by atoms with van der Waals surface area (Å²) in [6, 6.07) is 13.7. The van der Waals surface area contributed by atoms with E-state index >= 15 is 0 Å². The SMILES string of the molecule is COc1ccc(-c2ccc(C=O)c(C)c2)cc1. The summed E-state index contributed by atoms with van der Waals surface area (Å²) >= 11 is 0. The number of rotatable bonds is 3. The molecule has 2 rings (SSSR count). The van der Waals surface area contributed by atoms with Crippen LogP contribution in [0.1, 0.15) is 15.9 Å². The summed E-state index contributed by atoms with van der Waals surface area (Å²) in [6.07, 6.45) is 0.882. The molecule has 0 amide bonds. The van der Waals surface area contributed by atoms with E-state index in [4.69, 9.17) is 4.74 Å². The first-order chi connectivity index (χ1) is 8.24. The molecule has 0 bridgehead atoms. The van der Waals surface area contributed by atoms with Crippen molar-refractivity contribution in [2.24, 2.45) is 0 Å². The Morgan fingerprint density at radius 3 is 2.18 bits per heavy atom. The molecule has 17 heavy (non-hydrogen) atoms. The van der Waals surface area contributed by atoms with E-state index in [1.54, 1.807) is 7.11 Å². The van der Waals surface area contributed by atoms with E-state index in [1.165, 1.54) is 0 Å². The number of carbonyl (C=O) groups excluding carboxylic acids is 1. The van der Waals surface area contributed by atoms with Gasteiger partial charge in [0.2, 0.25) is 0 Å². The highest BCUT2D eigenvalue weighted by Gasteiger charge is 2.01. The molecule has 86 valence electrons. The second-order valence-electron chi connectivity index (χ2n) is 3.92. The topological polar surface area (TPSA) is 26.3 Å². The number of carbonyl (C=O) groups is 1. The highest BCUT2D eigenvalue weighted by Crippen LogP contribution is 2.24. The summed E-state index contributed by atoms with van der Waals surface area (Å²) in [5, 5.41) is 0. The Kier molecular flexibility index (Phi) is 3.24. The fraction of sp³-hybridized carbons (Fsp3) is 0.133. The maximum Gasteiger partial charge on any atom is 0.150 e. The molecule has 0 saturated carbocycles. The molecule has 0 saturated heterocycles. The first-order valence-electron chi connectivity index (χ1n) is 5.45. The zero-order chi connectivity index (χ0) is 12.3. The van der Waals surface area contributed by atoms with E-state index in [1.807, 2.05) is 49.4 Å². The molecule has 0 fully saturated rings. The second kappa shape index (κ2) is 4.83. The maximum atomic E-state index is 10.7. The van der Waals surface area contributed by atoms with Gasteiger partial charge < -0.3 is 4.74 Å². The number of hydrogen-bond acceptors (Lipinski definition) is 2. The molecule has 0 atom stereocenters. The summed E-state index contributed by atoms with van der Waals surface area (Å²) in [7, 11) is 1.65. The molecule has 0 unspecified atom stereocenters. The van der Waals surface area contributed by atoms with Crippen LogP contribution in [0.5, 0.6) is 5.75 Å². The van der Waals surface area contributed by atoms with Crippen molar-refractivity contribution < 1.29 is 9.53 Å². The number of hydrogen-bond donors (Lipinski definition) is 0. The van der Waals surface area contributed by atoms with Crippen LogP contribution < -0.4 is 4.74 Å². The van der Waals surface area contributed by atoms with Crippen LogP contribution in [0.4, 0.5) is 0 Å². The lowest BCUT2D eigenvalue weighted by molar-refractivity contribution is 0.112. The van der Waals surface area contributed by atoms with Gasteiger partial charge in [-0.25, -0.2) is 0 Å². The molecule has 2 aromatic rings. The average molecular weight is 226 g/mol. The molecule has 2 nitrogen and oxygen atoms in total. The lowest BCUT2D eigenvalue weighted by Gasteiger charge is -2.06.